The lowest BCUT2D eigenvalue weighted by molar-refractivity contribution is 0.519. The first kappa shape index (κ1) is 14.3. The molecule has 20 heavy (non-hydrogen) atoms. The molecule has 3 rings (SSSR count). The summed E-state index contributed by atoms with van der Waals surface area (Å²) >= 11 is 8.23. The first-order valence-electron chi connectivity index (χ1n) is 7.38. The number of imidazole rings is 1. The van der Waals surface area contributed by atoms with E-state index in [9.17, 15) is 0 Å². The summed E-state index contributed by atoms with van der Waals surface area (Å²) < 4.78 is 2.40. The zero-order valence-electron chi connectivity index (χ0n) is 12.1. The standard InChI is InChI=1S/C16H21ClN2S/c1-3-20-13-6-5-12(9-13)19-15-7-4-11(2)8-14(15)18-16(19)10-17/h4,7-8,12-13H,3,5-6,9-10H2,1-2H3. The van der Waals surface area contributed by atoms with E-state index in [0.29, 0.717) is 11.9 Å². The average Bonchev–Trinajstić information content (AvgIpc) is 3.02. The number of fused-ring (bicyclic) bond motifs is 1. The van der Waals surface area contributed by atoms with Crippen molar-refractivity contribution in [2.45, 2.75) is 50.3 Å². The predicted molar refractivity (Wildman–Crippen MR) is 88.8 cm³/mol. The fraction of sp³-hybridized carbons (Fsp3) is 0.562. The average molecular weight is 309 g/mol. The van der Waals surface area contributed by atoms with Gasteiger partial charge in [0.05, 0.1) is 16.9 Å². The van der Waals surface area contributed by atoms with Gasteiger partial charge in [0.15, 0.2) is 0 Å². The Hall–Kier alpha value is -0.670. The maximum atomic E-state index is 6.13. The molecule has 2 nitrogen and oxygen atoms in total. The third kappa shape index (κ3) is 2.58. The largest absolute Gasteiger partial charge is 0.324 e. The number of aryl methyl sites for hydroxylation is 1. The molecule has 1 aromatic carbocycles. The van der Waals surface area contributed by atoms with Crippen LogP contribution in [0.3, 0.4) is 0 Å². The van der Waals surface area contributed by atoms with E-state index >= 15 is 0 Å². The van der Waals surface area contributed by atoms with Gasteiger partial charge in [0.1, 0.15) is 5.82 Å². The molecule has 0 spiro atoms. The molecule has 0 aliphatic heterocycles. The molecule has 2 atom stereocenters. The topological polar surface area (TPSA) is 17.8 Å². The Morgan fingerprint density at radius 3 is 3.00 bits per heavy atom. The Morgan fingerprint density at radius 2 is 2.25 bits per heavy atom. The van der Waals surface area contributed by atoms with Gasteiger partial charge in [-0.25, -0.2) is 4.98 Å². The smallest absolute Gasteiger partial charge is 0.125 e. The number of benzene rings is 1. The van der Waals surface area contributed by atoms with Crippen LogP contribution >= 0.6 is 23.4 Å². The van der Waals surface area contributed by atoms with Gasteiger partial charge >= 0.3 is 0 Å². The van der Waals surface area contributed by atoms with Gasteiger partial charge in [0.25, 0.3) is 0 Å². The van der Waals surface area contributed by atoms with Crippen LogP contribution in [0.2, 0.25) is 0 Å². The Bertz CT molecular complexity index is 608. The van der Waals surface area contributed by atoms with Crippen LogP contribution in [0.5, 0.6) is 0 Å². The van der Waals surface area contributed by atoms with Crippen molar-refractivity contribution >= 4 is 34.4 Å². The van der Waals surface area contributed by atoms with E-state index in [1.54, 1.807) is 0 Å². The zero-order valence-corrected chi connectivity index (χ0v) is 13.7. The maximum Gasteiger partial charge on any atom is 0.125 e. The molecule has 1 heterocycles. The summed E-state index contributed by atoms with van der Waals surface area (Å²) in [7, 11) is 0. The molecular weight excluding hydrogens is 288 g/mol. The number of thioether (sulfide) groups is 1. The number of hydrogen-bond acceptors (Lipinski definition) is 2. The number of nitrogens with zero attached hydrogens (tertiary/aromatic N) is 2. The summed E-state index contributed by atoms with van der Waals surface area (Å²) in [4.78, 5) is 4.73. The molecular formula is C16H21ClN2S. The van der Waals surface area contributed by atoms with Crippen molar-refractivity contribution in [1.82, 2.24) is 9.55 Å². The molecule has 0 bridgehead atoms. The summed E-state index contributed by atoms with van der Waals surface area (Å²) in [5, 5.41) is 0.802. The lowest BCUT2D eigenvalue weighted by Gasteiger charge is -2.16. The van der Waals surface area contributed by atoms with Crippen LogP contribution in [0, 0.1) is 6.92 Å². The molecule has 1 saturated carbocycles. The van der Waals surface area contributed by atoms with Crippen molar-refractivity contribution in [1.29, 1.82) is 0 Å². The second-order valence-electron chi connectivity index (χ2n) is 5.57. The Morgan fingerprint density at radius 1 is 1.40 bits per heavy atom. The normalized spacial score (nSPS) is 22.8. The monoisotopic (exact) mass is 308 g/mol. The molecule has 0 radical (unpaired) electrons. The molecule has 0 N–H and O–H groups in total. The summed E-state index contributed by atoms with van der Waals surface area (Å²) in [6, 6.07) is 7.11. The van der Waals surface area contributed by atoms with E-state index in [0.717, 1.165) is 16.6 Å². The Labute approximate surface area is 129 Å². The van der Waals surface area contributed by atoms with Crippen molar-refractivity contribution in [3.63, 3.8) is 0 Å². The number of aromatic nitrogens is 2. The first-order valence-corrected chi connectivity index (χ1v) is 8.96. The minimum atomic E-state index is 0.496. The SMILES string of the molecule is CCSC1CCC(n2c(CCl)nc3cc(C)ccc32)C1. The zero-order chi connectivity index (χ0) is 14.1. The van der Waals surface area contributed by atoms with Gasteiger partial charge in [0.2, 0.25) is 0 Å². The van der Waals surface area contributed by atoms with Crippen LogP contribution in [0.1, 0.15) is 43.6 Å². The van der Waals surface area contributed by atoms with Gasteiger partial charge in [-0.2, -0.15) is 11.8 Å². The molecule has 1 aliphatic carbocycles. The maximum absolute atomic E-state index is 6.13. The number of rotatable bonds is 4. The van der Waals surface area contributed by atoms with Gasteiger partial charge < -0.3 is 4.57 Å². The summed E-state index contributed by atoms with van der Waals surface area (Å²) in [5.41, 5.74) is 3.60. The van der Waals surface area contributed by atoms with Crippen molar-refractivity contribution in [3.05, 3.63) is 29.6 Å². The first-order chi connectivity index (χ1) is 9.72. The van der Waals surface area contributed by atoms with Crippen LogP contribution in [0.4, 0.5) is 0 Å². The summed E-state index contributed by atoms with van der Waals surface area (Å²) in [6.07, 6.45) is 3.82. The van der Waals surface area contributed by atoms with E-state index in [1.807, 2.05) is 0 Å². The summed E-state index contributed by atoms with van der Waals surface area (Å²) in [6.45, 7) is 4.36. The van der Waals surface area contributed by atoms with Crippen molar-refractivity contribution in [3.8, 4) is 0 Å². The van der Waals surface area contributed by atoms with Gasteiger partial charge in [-0.05, 0) is 49.6 Å². The van der Waals surface area contributed by atoms with E-state index in [1.165, 1.54) is 36.1 Å². The molecule has 108 valence electrons. The van der Waals surface area contributed by atoms with E-state index in [4.69, 9.17) is 16.6 Å². The van der Waals surface area contributed by atoms with Crippen LogP contribution in [0.15, 0.2) is 18.2 Å². The van der Waals surface area contributed by atoms with Crippen molar-refractivity contribution in [2.75, 3.05) is 5.75 Å². The predicted octanol–water partition coefficient (Wildman–Crippen LogP) is 4.93. The molecule has 1 aliphatic rings. The highest BCUT2D eigenvalue weighted by Gasteiger charge is 2.28. The van der Waals surface area contributed by atoms with Crippen LogP contribution < -0.4 is 0 Å². The van der Waals surface area contributed by atoms with Gasteiger partial charge in [-0.1, -0.05) is 13.0 Å². The van der Waals surface area contributed by atoms with Crippen molar-refractivity contribution in [2.24, 2.45) is 0 Å². The quantitative estimate of drug-likeness (QED) is 0.745. The third-order valence-corrected chi connectivity index (χ3v) is 5.63. The fourth-order valence-corrected chi connectivity index (χ4v) is 4.62. The minimum Gasteiger partial charge on any atom is -0.324 e. The second kappa shape index (κ2) is 5.98. The van der Waals surface area contributed by atoms with Crippen molar-refractivity contribution < 1.29 is 0 Å². The summed E-state index contributed by atoms with van der Waals surface area (Å²) in [5.74, 6) is 2.74. The van der Waals surface area contributed by atoms with E-state index in [-0.39, 0.29) is 0 Å². The highest BCUT2D eigenvalue weighted by Crippen LogP contribution is 2.39. The molecule has 0 amide bonds. The Kier molecular flexibility index (Phi) is 4.27. The highest BCUT2D eigenvalue weighted by atomic mass is 35.5. The lowest BCUT2D eigenvalue weighted by Crippen LogP contribution is -2.09. The molecule has 2 aromatic rings. The van der Waals surface area contributed by atoms with Crippen LogP contribution in [-0.2, 0) is 5.88 Å². The van der Waals surface area contributed by atoms with Crippen LogP contribution in [-0.4, -0.2) is 20.6 Å². The number of hydrogen-bond donors (Lipinski definition) is 0. The molecule has 0 saturated heterocycles. The fourth-order valence-electron chi connectivity index (χ4n) is 3.30. The van der Waals surface area contributed by atoms with Gasteiger partial charge in [-0.3, -0.25) is 0 Å². The Balaban J connectivity index is 1.98. The number of alkyl halides is 1. The minimum absolute atomic E-state index is 0.496. The molecule has 4 heteroatoms. The van der Waals surface area contributed by atoms with Gasteiger partial charge in [0, 0.05) is 11.3 Å². The number of halogens is 1. The third-order valence-electron chi connectivity index (χ3n) is 4.16. The second-order valence-corrected chi connectivity index (χ2v) is 7.41. The lowest BCUT2D eigenvalue weighted by atomic mass is 10.2. The molecule has 1 fully saturated rings. The molecule has 1 aromatic heterocycles. The van der Waals surface area contributed by atoms with Gasteiger partial charge in [-0.15, -0.1) is 11.6 Å². The van der Waals surface area contributed by atoms with Crippen LogP contribution in [0.25, 0.3) is 11.0 Å². The van der Waals surface area contributed by atoms with E-state index < -0.39 is 0 Å². The highest BCUT2D eigenvalue weighted by molar-refractivity contribution is 7.99. The molecule has 2 unspecified atom stereocenters. The van der Waals surface area contributed by atoms with E-state index in [2.05, 4.69) is 48.4 Å².